The molecule has 1 aromatic carbocycles. The third-order valence-electron chi connectivity index (χ3n) is 3.67. The molecule has 0 N–H and O–H groups in total. The molecule has 1 aromatic heterocycles. The average Bonchev–Trinajstić information content (AvgIpc) is 2.77. The normalized spacial score (nSPS) is 17.2. The van der Waals surface area contributed by atoms with Crippen molar-refractivity contribution in [3.05, 3.63) is 42.0 Å². The Morgan fingerprint density at radius 3 is 2.81 bits per heavy atom. The predicted octanol–water partition coefficient (Wildman–Crippen LogP) is 2.00. The Bertz CT molecular complexity index is 604. The van der Waals surface area contributed by atoms with Gasteiger partial charge >= 0.3 is 0 Å². The molecule has 1 aliphatic rings. The molecule has 1 aliphatic heterocycles. The number of aromatic nitrogens is 2. The van der Waals surface area contributed by atoms with Crippen molar-refractivity contribution in [2.75, 3.05) is 20.2 Å². The Morgan fingerprint density at radius 1 is 1.33 bits per heavy atom. The van der Waals surface area contributed by atoms with E-state index in [1.807, 2.05) is 42.8 Å². The summed E-state index contributed by atoms with van der Waals surface area (Å²) in [6.45, 7) is 4.22. The molecule has 0 radical (unpaired) electrons. The summed E-state index contributed by atoms with van der Waals surface area (Å²) in [6.07, 6.45) is 2.12. The number of imidazole rings is 1. The van der Waals surface area contributed by atoms with Gasteiger partial charge in [-0.05, 0) is 26.1 Å². The topological polar surface area (TPSA) is 39.5 Å². The molecule has 112 valence electrons. The van der Waals surface area contributed by atoms with E-state index >= 15 is 0 Å². The number of aryl methyl sites for hydroxylation is 2. The Labute approximate surface area is 125 Å². The van der Waals surface area contributed by atoms with Gasteiger partial charge in [-0.1, -0.05) is 12.1 Å². The summed E-state index contributed by atoms with van der Waals surface area (Å²) in [5.74, 6) is 2.69. The van der Waals surface area contributed by atoms with Crippen molar-refractivity contribution in [2.24, 2.45) is 7.05 Å². The summed E-state index contributed by atoms with van der Waals surface area (Å²) in [7, 11) is 4.09. The van der Waals surface area contributed by atoms with Crippen molar-refractivity contribution in [3.63, 3.8) is 0 Å². The number of fused-ring (bicyclic) bond motifs is 1. The van der Waals surface area contributed by atoms with E-state index in [2.05, 4.69) is 23.1 Å². The van der Waals surface area contributed by atoms with Crippen LogP contribution in [0.15, 0.2) is 30.5 Å². The first-order valence-electron chi connectivity index (χ1n) is 7.17. The number of para-hydroxylation sites is 2. The number of hydrogen-bond donors (Lipinski definition) is 0. The SMILES string of the molecule is Cc1nc(CN(C)CC2COc3ccccc3O2)cn1C. The fraction of sp³-hybridized carbons (Fsp3) is 0.438. The molecule has 0 bridgehead atoms. The second-order valence-electron chi connectivity index (χ2n) is 5.58. The number of rotatable bonds is 4. The highest BCUT2D eigenvalue weighted by Gasteiger charge is 2.22. The van der Waals surface area contributed by atoms with E-state index in [1.54, 1.807) is 0 Å². The molecule has 0 fully saturated rings. The van der Waals surface area contributed by atoms with Crippen LogP contribution in [0, 0.1) is 6.92 Å². The second kappa shape index (κ2) is 5.77. The van der Waals surface area contributed by atoms with Gasteiger partial charge in [0.2, 0.25) is 0 Å². The third-order valence-corrected chi connectivity index (χ3v) is 3.67. The zero-order chi connectivity index (χ0) is 14.8. The van der Waals surface area contributed by atoms with Crippen molar-refractivity contribution >= 4 is 0 Å². The van der Waals surface area contributed by atoms with Gasteiger partial charge in [0.15, 0.2) is 11.5 Å². The van der Waals surface area contributed by atoms with Crippen LogP contribution in [0.3, 0.4) is 0 Å². The van der Waals surface area contributed by atoms with Crippen LogP contribution >= 0.6 is 0 Å². The number of hydrogen-bond acceptors (Lipinski definition) is 4. The van der Waals surface area contributed by atoms with Crippen molar-refractivity contribution < 1.29 is 9.47 Å². The zero-order valence-corrected chi connectivity index (χ0v) is 12.7. The number of benzene rings is 1. The molecule has 0 spiro atoms. The molecule has 5 nitrogen and oxygen atoms in total. The summed E-state index contributed by atoms with van der Waals surface area (Å²) in [5.41, 5.74) is 1.08. The van der Waals surface area contributed by atoms with Gasteiger partial charge in [-0.2, -0.15) is 0 Å². The summed E-state index contributed by atoms with van der Waals surface area (Å²) in [5, 5.41) is 0. The summed E-state index contributed by atoms with van der Waals surface area (Å²) < 4.78 is 13.8. The van der Waals surface area contributed by atoms with Crippen molar-refractivity contribution in [3.8, 4) is 11.5 Å². The molecule has 0 saturated heterocycles. The predicted molar refractivity (Wildman–Crippen MR) is 80.6 cm³/mol. The van der Waals surface area contributed by atoms with E-state index in [9.17, 15) is 0 Å². The van der Waals surface area contributed by atoms with Crippen molar-refractivity contribution in [1.29, 1.82) is 0 Å². The van der Waals surface area contributed by atoms with Gasteiger partial charge in [-0.15, -0.1) is 0 Å². The lowest BCUT2D eigenvalue weighted by Crippen LogP contribution is -2.39. The molecular formula is C16H21N3O2. The van der Waals surface area contributed by atoms with Crippen LogP contribution in [0.4, 0.5) is 0 Å². The Hall–Kier alpha value is -2.01. The Balaban J connectivity index is 1.57. The first-order valence-corrected chi connectivity index (χ1v) is 7.17. The molecule has 0 aliphatic carbocycles. The average molecular weight is 287 g/mol. The van der Waals surface area contributed by atoms with E-state index in [0.29, 0.717) is 6.61 Å². The Morgan fingerprint density at radius 2 is 2.10 bits per heavy atom. The highest BCUT2D eigenvalue weighted by atomic mass is 16.6. The fourth-order valence-electron chi connectivity index (χ4n) is 2.55. The van der Waals surface area contributed by atoms with Gasteiger partial charge < -0.3 is 14.0 Å². The lowest BCUT2D eigenvalue weighted by molar-refractivity contribution is 0.0635. The van der Waals surface area contributed by atoms with Crippen LogP contribution in [0.2, 0.25) is 0 Å². The first kappa shape index (κ1) is 13.9. The molecule has 2 heterocycles. The fourth-order valence-corrected chi connectivity index (χ4v) is 2.55. The monoisotopic (exact) mass is 287 g/mol. The van der Waals surface area contributed by atoms with Gasteiger partial charge in [0.05, 0.1) is 5.69 Å². The van der Waals surface area contributed by atoms with Crippen molar-refractivity contribution in [2.45, 2.75) is 19.6 Å². The highest BCUT2D eigenvalue weighted by Crippen LogP contribution is 2.30. The smallest absolute Gasteiger partial charge is 0.161 e. The zero-order valence-electron chi connectivity index (χ0n) is 12.7. The van der Waals surface area contributed by atoms with Crippen LogP contribution in [-0.2, 0) is 13.6 Å². The maximum atomic E-state index is 5.98. The lowest BCUT2D eigenvalue weighted by atomic mass is 10.2. The summed E-state index contributed by atoms with van der Waals surface area (Å²) >= 11 is 0. The molecule has 5 heteroatoms. The first-order chi connectivity index (χ1) is 10.1. The quantitative estimate of drug-likeness (QED) is 0.862. The molecule has 21 heavy (non-hydrogen) atoms. The van der Waals surface area contributed by atoms with E-state index in [-0.39, 0.29) is 6.10 Å². The van der Waals surface area contributed by atoms with E-state index in [1.165, 1.54) is 0 Å². The van der Waals surface area contributed by atoms with E-state index in [4.69, 9.17) is 9.47 Å². The number of ether oxygens (including phenoxy) is 2. The van der Waals surface area contributed by atoms with E-state index < -0.39 is 0 Å². The van der Waals surface area contributed by atoms with Crippen LogP contribution in [0.5, 0.6) is 11.5 Å². The minimum absolute atomic E-state index is 0.0507. The number of nitrogens with zero attached hydrogens (tertiary/aromatic N) is 3. The minimum Gasteiger partial charge on any atom is -0.486 e. The molecule has 1 atom stereocenters. The third kappa shape index (κ3) is 3.19. The van der Waals surface area contributed by atoms with Crippen molar-refractivity contribution in [1.82, 2.24) is 14.5 Å². The van der Waals surface area contributed by atoms with Crippen LogP contribution in [-0.4, -0.2) is 40.8 Å². The summed E-state index contributed by atoms with van der Waals surface area (Å²) in [4.78, 5) is 6.74. The summed E-state index contributed by atoms with van der Waals surface area (Å²) in [6, 6.07) is 7.80. The highest BCUT2D eigenvalue weighted by molar-refractivity contribution is 5.40. The Kier molecular flexibility index (Phi) is 3.84. The van der Waals surface area contributed by atoms with Crippen LogP contribution < -0.4 is 9.47 Å². The van der Waals surface area contributed by atoms with Crippen LogP contribution in [0.25, 0.3) is 0 Å². The standard InChI is InChI=1S/C16H21N3O2/c1-12-17-13(9-19(12)3)8-18(2)10-14-11-20-15-6-4-5-7-16(15)21-14/h4-7,9,14H,8,10-11H2,1-3H3. The maximum Gasteiger partial charge on any atom is 0.161 e. The van der Waals surface area contributed by atoms with Gasteiger partial charge in [0, 0.05) is 26.3 Å². The van der Waals surface area contributed by atoms with Gasteiger partial charge in [-0.3, -0.25) is 4.90 Å². The molecule has 0 amide bonds. The largest absolute Gasteiger partial charge is 0.486 e. The molecular weight excluding hydrogens is 266 g/mol. The van der Waals surface area contributed by atoms with E-state index in [0.717, 1.165) is 36.1 Å². The maximum absolute atomic E-state index is 5.98. The molecule has 0 saturated carbocycles. The molecule has 3 rings (SSSR count). The number of likely N-dealkylation sites (N-methyl/N-ethyl adjacent to an activating group) is 1. The van der Waals surface area contributed by atoms with Gasteiger partial charge in [0.1, 0.15) is 18.5 Å². The second-order valence-corrected chi connectivity index (χ2v) is 5.58. The van der Waals surface area contributed by atoms with Crippen LogP contribution in [0.1, 0.15) is 11.5 Å². The minimum atomic E-state index is 0.0507. The van der Waals surface area contributed by atoms with Gasteiger partial charge in [0.25, 0.3) is 0 Å². The molecule has 2 aromatic rings. The lowest BCUT2D eigenvalue weighted by Gasteiger charge is -2.29. The van der Waals surface area contributed by atoms with Gasteiger partial charge in [-0.25, -0.2) is 4.98 Å². The molecule has 1 unspecified atom stereocenters.